The van der Waals surface area contributed by atoms with Crippen LogP contribution >= 0.6 is 0 Å². The Bertz CT molecular complexity index is 654. The van der Waals surface area contributed by atoms with Gasteiger partial charge in [0, 0.05) is 12.1 Å². The van der Waals surface area contributed by atoms with Crippen LogP contribution in [0.1, 0.15) is 22.8 Å². The van der Waals surface area contributed by atoms with Gasteiger partial charge in [-0.3, -0.25) is 9.59 Å². The summed E-state index contributed by atoms with van der Waals surface area (Å²) >= 11 is 0. The fourth-order valence-electron chi connectivity index (χ4n) is 2.23. The number of nitrogens with zero attached hydrogens (tertiary/aromatic N) is 1. The van der Waals surface area contributed by atoms with Crippen LogP contribution in [0.3, 0.4) is 0 Å². The third-order valence-electron chi connectivity index (χ3n) is 3.26. The minimum Gasteiger partial charge on any atom is -0.494 e. The maximum Gasteiger partial charge on any atom is 0.254 e. The third kappa shape index (κ3) is 4.85. The normalized spacial score (nSPS) is 10.1. The van der Waals surface area contributed by atoms with E-state index in [2.05, 4.69) is 0 Å². The maximum atomic E-state index is 12.6. The molecule has 0 atom stereocenters. The Morgan fingerprint density at radius 1 is 1.04 bits per heavy atom. The number of benzene rings is 2. The van der Waals surface area contributed by atoms with Crippen molar-refractivity contribution in [2.45, 2.75) is 13.5 Å². The summed E-state index contributed by atoms with van der Waals surface area (Å²) in [4.78, 5) is 25.4. The van der Waals surface area contributed by atoms with Gasteiger partial charge in [0.05, 0.1) is 13.2 Å². The molecule has 0 heterocycles. The number of hydrogen-bond acceptors (Lipinski definition) is 3. The summed E-state index contributed by atoms with van der Waals surface area (Å²) in [6, 6.07) is 16.3. The summed E-state index contributed by atoms with van der Waals surface area (Å²) in [5, 5.41) is 0. The molecule has 0 saturated carbocycles. The number of carbonyl (C=O) groups excluding carboxylic acids is 2. The molecule has 120 valence electrons. The van der Waals surface area contributed by atoms with Gasteiger partial charge in [0.1, 0.15) is 5.75 Å². The Hall–Kier alpha value is -2.82. The first-order chi connectivity index (χ1) is 11.1. The first kappa shape index (κ1) is 16.5. The van der Waals surface area contributed by atoms with E-state index >= 15 is 0 Å². The predicted octanol–water partition coefficient (Wildman–Crippen LogP) is 2.21. The number of primary amides is 1. The van der Waals surface area contributed by atoms with E-state index in [0.717, 1.165) is 5.56 Å². The van der Waals surface area contributed by atoms with Gasteiger partial charge >= 0.3 is 0 Å². The zero-order valence-corrected chi connectivity index (χ0v) is 13.1. The topological polar surface area (TPSA) is 72.6 Å². The van der Waals surface area contributed by atoms with Crippen molar-refractivity contribution >= 4 is 11.8 Å². The second-order valence-corrected chi connectivity index (χ2v) is 5.07. The number of rotatable bonds is 7. The molecule has 2 rings (SSSR count). The molecule has 2 amide bonds. The molecule has 5 nitrogen and oxygen atoms in total. The smallest absolute Gasteiger partial charge is 0.254 e. The lowest BCUT2D eigenvalue weighted by atomic mass is 10.1. The van der Waals surface area contributed by atoms with E-state index in [1.165, 1.54) is 4.90 Å². The first-order valence-corrected chi connectivity index (χ1v) is 7.44. The van der Waals surface area contributed by atoms with Crippen molar-refractivity contribution < 1.29 is 14.3 Å². The summed E-state index contributed by atoms with van der Waals surface area (Å²) < 4.78 is 5.36. The van der Waals surface area contributed by atoms with E-state index < -0.39 is 5.91 Å². The minimum atomic E-state index is -0.541. The molecule has 0 radical (unpaired) electrons. The van der Waals surface area contributed by atoms with Crippen molar-refractivity contribution in [1.82, 2.24) is 4.90 Å². The Morgan fingerprint density at radius 2 is 1.70 bits per heavy atom. The van der Waals surface area contributed by atoms with Crippen molar-refractivity contribution in [1.29, 1.82) is 0 Å². The van der Waals surface area contributed by atoms with E-state index in [4.69, 9.17) is 10.5 Å². The standard InChI is InChI=1S/C18H20N2O3/c1-2-23-16-10-8-15(9-11-16)18(22)20(13-17(19)21)12-14-6-4-3-5-7-14/h3-11H,2,12-13H2,1H3,(H2,19,21). The molecule has 2 aromatic carbocycles. The molecule has 2 N–H and O–H groups in total. The molecule has 0 aliphatic carbocycles. The SMILES string of the molecule is CCOc1ccc(C(=O)N(CC(N)=O)Cc2ccccc2)cc1. The lowest BCUT2D eigenvalue weighted by Crippen LogP contribution is -2.38. The van der Waals surface area contributed by atoms with Crippen molar-refractivity contribution in [3.63, 3.8) is 0 Å². The molecule has 0 aromatic heterocycles. The van der Waals surface area contributed by atoms with Gasteiger partial charge in [-0.2, -0.15) is 0 Å². The molecule has 23 heavy (non-hydrogen) atoms. The molecule has 0 aliphatic heterocycles. The molecular formula is C18H20N2O3. The Kier molecular flexibility index (Phi) is 5.74. The highest BCUT2D eigenvalue weighted by Gasteiger charge is 2.18. The summed E-state index contributed by atoms with van der Waals surface area (Å²) in [7, 11) is 0. The molecule has 2 aromatic rings. The number of nitrogens with two attached hydrogens (primary N) is 1. The molecule has 0 unspecified atom stereocenters. The lowest BCUT2D eigenvalue weighted by Gasteiger charge is -2.21. The van der Waals surface area contributed by atoms with Crippen LogP contribution in [0.2, 0.25) is 0 Å². The van der Waals surface area contributed by atoms with E-state index in [9.17, 15) is 9.59 Å². The average Bonchev–Trinajstić information content (AvgIpc) is 2.55. The number of hydrogen-bond donors (Lipinski definition) is 1. The Balaban J connectivity index is 2.17. The highest BCUT2D eigenvalue weighted by molar-refractivity contribution is 5.96. The van der Waals surface area contributed by atoms with Gasteiger partial charge in [0.2, 0.25) is 5.91 Å². The second kappa shape index (κ2) is 7.98. The fourth-order valence-corrected chi connectivity index (χ4v) is 2.23. The average molecular weight is 312 g/mol. The van der Waals surface area contributed by atoms with Gasteiger partial charge in [-0.25, -0.2) is 0 Å². The summed E-state index contributed by atoms with van der Waals surface area (Å²) in [5.41, 5.74) is 6.70. The van der Waals surface area contributed by atoms with Gasteiger partial charge in [-0.15, -0.1) is 0 Å². The Morgan fingerprint density at radius 3 is 2.26 bits per heavy atom. The summed E-state index contributed by atoms with van der Waals surface area (Å²) in [6.07, 6.45) is 0. The van der Waals surface area contributed by atoms with Gasteiger partial charge < -0.3 is 15.4 Å². The highest BCUT2D eigenvalue weighted by atomic mass is 16.5. The number of ether oxygens (including phenoxy) is 1. The zero-order chi connectivity index (χ0) is 16.7. The Labute approximate surface area is 135 Å². The van der Waals surface area contributed by atoms with Crippen molar-refractivity contribution in [3.8, 4) is 5.75 Å². The van der Waals surface area contributed by atoms with Crippen LogP contribution < -0.4 is 10.5 Å². The molecule has 0 aliphatic rings. The highest BCUT2D eigenvalue weighted by Crippen LogP contribution is 2.15. The first-order valence-electron chi connectivity index (χ1n) is 7.44. The minimum absolute atomic E-state index is 0.124. The second-order valence-electron chi connectivity index (χ2n) is 5.07. The zero-order valence-electron chi connectivity index (χ0n) is 13.1. The van der Waals surface area contributed by atoms with Crippen LogP contribution in [0.25, 0.3) is 0 Å². The van der Waals surface area contributed by atoms with Gasteiger partial charge in [-0.1, -0.05) is 30.3 Å². The monoisotopic (exact) mass is 312 g/mol. The fraction of sp³-hybridized carbons (Fsp3) is 0.222. The maximum absolute atomic E-state index is 12.6. The number of amides is 2. The van der Waals surface area contributed by atoms with Crippen molar-refractivity contribution in [2.24, 2.45) is 5.73 Å². The molecule has 0 saturated heterocycles. The van der Waals surface area contributed by atoms with E-state index in [-0.39, 0.29) is 12.5 Å². The quantitative estimate of drug-likeness (QED) is 0.852. The van der Waals surface area contributed by atoms with Crippen molar-refractivity contribution in [2.75, 3.05) is 13.2 Å². The number of carbonyl (C=O) groups is 2. The predicted molar refractivity (Wildman–Crippen MR) is 88.0 cm³/mol. The molecular weight excluding hydrogens is 292 g/mol. The van der Waals surface area contributed by atoms with Gasteiger partial charge in [0.25, 0.3) is 5.91 Å². The summed E-state index contributed by atoms with van der Waals surface area (Å²) in [6.45, 7) is 2.67. The largest absolute Gasteiger partial charge is 0.494 e. The lowest BCUT2D eigenvalue weighted by molar-refractivity contribution is -0.118. The van der Waals surface area contributed by atoms with Crippen LogP contribution in [0.5, 0.6) is 5.75 Å². The van der Waals surface area contributed by atoms with Gasteiger partial charge in [0.15, 0.2) is 0 Å². The van der Waals surface area contributed by atoms with Crippen LogP contribution in [0.4, 0.5) is 0 Å². The van der Waals surface area contributed by atoms with Crippen LogP contribution in [-0.4, -0.2) is 29.9 Å². The third-order valence-corrected chi connectivity index (χ3v) is 3.26. The van der Waals surface area contributed by atoms with Crippen LogP contribution in [-0.2, 0) is 11.3 Å². The molecule has 0 fully saturated rings. The molecule has 0 bridgehead atoms. The van der Waals surface area contributed by atoms with Gasteiger partial charge in [-0.05, 0) is 36.8 Å². The van der Waals surface area contributed by atoms with E-state index in [1.54, 1.807) is 24.3 Å². The van der Waals surface area contributed by atoms with Crippen LogP contribution in [0.15, 0.2) is 54.6 Å². The van der Waals surface area contributed by atoms with Crippen molar-refractivity contribution in [3.05, 3.63) is 65.7 Å². The van der Waals surface area contributed by atoms with E-state index in [1.807, 2.05) is 37.3 Å². The van der Waals surface area contributed by atoms with Crippen LogP contribution in [0, 0.1) is 0 Å². The van der Waals surface area contributed by atoms with E-state index in [0.29, 0.717) is 24.5 Å². The molecule has 5 heteroatoms. The summed E-state index contributed by atoms with van der Waals surface area (Å²) in [5.74, 6) is -0.0792. The molecule has 0 spiro atoms.